The third kappa shape index (κ3) is 1.62. The summed E-state index contributed by atoms with van der Waals surface area (Å²) in [6.07, 6.45) is -0.0648. The molecule has 1 aliphatic rings. The molecule has 1 rings (SSSR count). The summed E-state index contributed by atoms with van der Waals surface area (Å²) < 4.78 is 10.1. The van der Waals surface area contributed by atoms with Crippen LogP contribution in [0.3, 0.4) is 0 Å². The van der Waals surface area contributed by atoms with Crippen molar-refractivity contribution in [1.29, 1.82) is 0 Å². The molecule has 0 aromatic heterocycles. The van der Waals surface area contributed by atoms with Crippen molar-refractivity contribution < 1.29 is 9.47 Å². The van der Waals surface area contributed by atoms with Gasteiger partial charge in [0, 0.05) is 0 Å². The van der Waals surface area contributed by atoms with Gasteiger partial charge in [0.25, 0.3) is 0 Å². The van der Waals surface area contributed by atoms with Crippen LogP contribution in [-0.2, 0) is 9.47 Å². The highest BCUT2D eigenvalue weighted by Crippen LogP contribution is 2.08. The van der Waals surface area contributed by atoms with Crippen LogP contribution in [0.15, 0.2) is 0 Å². The Balaban J connectivity index is 2.19. The minimum absolute atomic E-state index is 0.0474. The summed E-state index contributed by atoms with van der Waals surface area (Å²) in [5.74, 6) is 0. The van der Waals surface area contributed by atoms with Gasteiger partial charge in [-0.1, -0.05) is 0 Å². The quantitative estimate of drug-likeness (QED) is 0.463. The maximum Gasteiger partial charge on any atom is 0.154 e. The lowest BCUT2D eigenvalue weighted by molar-refractivity contribution is -0.164. The smallest absolute Gasteiger partial charge is 0.154 e. The van der Waals surface area contributed by atoms with Crippen molar-refractivity contribution in [3.8, 4) is 0 Å². The Kier molecular flexibility index (Phi) is 2.11. The average molecular weight is 137 g/mol. The van der Waals surface area contributed by atoms with Crippen LogP contribution in [0.4, 0.5) is 0 Å². The first-order valence-electron chi connectivity index (χ1n) is 2.66. The third-order valence-electron chi connectivity index (χ3n) is 1.02. The molecule has 48 valence electrons. The van der Waals surface area contributed by atoms with Crippen molar-refractivity contribution in [1.82, 2.24) is 0 Å². The van der Waals surface area contributed by atoms with Crippen molar-refractivity contribution in [2.45, 2.75) is 18.6 Å². The molecule has 0 aromatic rings. The molecule has 1 heterocycles. The maximum absolute atomic E-state index is 5.63. The highest BCUT2D eigenvalue weighted by atomic mass is 35.5. The van der Waals surface area contributed by atoms with Crippen LogP contribution in [0, 0.1) is 0 Å². The third-order valence-corrected chi connectivity index (χ3v) is 1.28. The van der Waals surface area contributed by atoms with E-state index < -0.39 is 0 Å². The van der Waals surface area contributed by atoms with Crippen molar-refractivity contribution >= 4 is 11.6 Å². The molecule has 0 saturated carbocycles. The van der Waals surface area contributed by atoms with Gasteiger partial charge in [-0.15, -0.1) is 11.6 Å². The monoisotopic (exact) mass is 136 g/mol. The molecule has 0 N–H and O–H groups in total. The molecular weight excluding hydrogens is 128 g/mol. The van der Waals surface area contributed by atoms with Gasteiger partial charge in [-0.2, -0.15) is 0 Å². The second-order valence-corrected chi connectivity index (χ2v) is 2.45. The fourth-order valence-electron chi connectivity index (χ4n) is 0.576. The number of rotatable bonds is 0. The number of alkyl halides is 1. The molecule has 3 heteroatoms. The molecule has 0 atom stereocenters. The van der Waals surface area contributed by atoms with E-state index in [4.69, 9.17) is 21.1 Å². The normalized spacial score (nSPS) is 39.8. The summed E-state index contributed by atoms with van der Waals surface area (Å²) in [7, 11) is 0. The van der Waals surface area contributed by atoms with Crippen LogP contribution >= 0.6 is 11.6 Å². The molecule has 1 aliphatic heterocycles. The summed E-state index contributed by atoms with van der Waals surface area (Å²) in [6.45, 7) is 3.09. The molecule has 0 amide bonds. The van der Waals surface area contributed by atoms with Gasteiger partial charge in [-0.3, -0.25) is 0 Å². The molecular formula is C5H9ClO2. The highest BCUT2D eigenvalue weighted by Gasteiger charge is 2.15. The van der Waals surface area contributed by atoms with Gasteiger partial charge in [-0.05, 0) is 6.92 Å². The fraction of sp³-hybridized carbons (Fsp3) is 1.00. The van der Waals surface area contributed by atoms with E-state index in [9.17, 15) is 0 Å². The summed E-state index contributed by atoms with van der Waals surface area (Å²) in [5.41, 5.74) is 0. The van der Waals surface area contributed by atoms with Crippen LogP contribution in [0.1, 0.15) is 6.92 Å². The van der Waals surface area contributed by atoms with Crippen molar-refractivity contribution in [3.05, 3.63) is 0 Å². The SMILES string of the molecule is CC1OCC(Cl)CO1. The zero-order chi connectivity index (χ0) is 5.98. The van der Waals surface area contributed by atoms with Gasteiger partial charge < -0.3 is 9.47 Å². The topological polar surface area (TPSA) is 18.5 Å². The Morgan fingerprint density at radius 1 is 1.38 bits per heavy atom. The molecule has 0 radical (unpaired) electrons. The molecule has 0 bridgehead atoms. The van der Waals surface area contributed by atoms with E-state index >= 15 is 0 Å². The highest BCUT2D eigenvalue weighted by molar-refractivity contribution is 6.20. The lowest BCUT2D eigenvalue weighted by Crippen LogP contribution is -2.30. The summed E-state index contributed by atoms with van der Waals surface area (Å²) in [4.78, 5) is 0. The van der Waals surface area contributed by atoms with Crippen LogP contribution in [0.5, 0.6) is 0 Å². The summed E-state index contributed by atoms with van der Waals surface area (Å²) >= 11 is 5.63. The molecule has 1 saturated heterocycles. The first kappa shape index (κ1) is 6.33. The van der Waals surface area contributed by atoms with E-state index in [0.717, 1.165) is 0 Å². The fourth-order valence-corrected chi connectivity index (χ4v) is 0.722. The summed E-state index contributed by atoms with van der Waals surface area (Å²) in [5, 5.41) is 0.0474. The Hall–Kier alpha value is 0.210. The molecule has 1 fully saturated rings. The zero-order valence-corrected chi connectivity index (χ0v) is 5.52. The van der Waals surface area contributed by atoms with E-state index in [1.165, 1.54) is 0 Å². The van der Waals surface area contributed by atoms with Crippen molar-refractivity contribution in [3.63, 3.8) is 0 Å². The van der Waals surface area contributed by atoms with Gasteiger partial charge in [0.15, 0.2) is 6.29 Å². The van der Waals surface area contributed by atoms with E-state index in [2.05, 4.69) is 0 Å². The predicted molar refractivity (Wildman–Crippen MR) is 31.0 cm³/mol. The van der Waals surface area contributed by atoms with Crippen molar-refractivity contribution in [2.75, 3.05) is 13.2 Å². The molecule has 8 heavy (non-hydrogen) atoms. The molecule has 0 spiro atoms. The molecule has 0 unspecified atom stereocenters. The minimum Gasteiger partial charge on any atom is -0.351 e. The summed E-state index contributed by atoms with van der Waals surface area (Å²) in [6, 6.07) is 0. The molecule has 2 nitrogen and oxygen atoms in total. The number of hydrogen-bond donors (Lipinski definition) is 0. The Labute approximate surface area is 53.7 Å². The van der Waals surface area contributed by atoms with Gasteiger partial charge >= 0.3 is 0 Å². The number of halogens is 1. The van der Waals surface area contributed by atoms with E-state index in [-0.39, 0.29) is 11.7 Å². The number of hydrogen-bond acceptors (Lipinski definition) is 2. The number of ether oxygens (including phenoxy) is 2. The van der Waals surface area contributed by atoms with E-state index in [1.807, 2.05) is 6.92 Å². The largest absolute Gasteiger partial charge is 0.351 e. The van der Waals surface area contributed by atoms with Gasteiger partial charge in [0.05, 0.1) is 18.6 Å². The van der Waals surface area contributed by atoms with Gasteiger partial charge in [0.1, 0.15) is 0 Å². The van der Waals surface area contributed by atoms with Crippen molar-refractivity contribution in [2.24, 2.45) is 0 Å². The Morgan fingerprint density at radius 3 is 2.25 bits per heavy atom. The predicted octanol–water partition coefficient (Wildman–Crippen LogP) is 0.987. The Morgan fingerprint density at radius 2 is 1.88 bits per heavy atom. The zero-order valence-electron chi connectivity index (χ0n) is 4.76. The first-order chi connectivity index (χ1) is 3.79. The second-order valence-electron chi connectivity index (χ2n) is 1.83. The van der Waals surface area contributed by atoms with E-state index in [0.29, 0.717) is 13.2 Å². The molecule has 0 aliphatic carbocycles. The van der Waals surface area contributed by atoms with Crippen LogP contribution in [0.2, 0.25) is 0 Å². The van der Waals surface area contributed by atoms with Gasteiger partial charge in [0.2, 0.25) is 0 Å². The maximum atomic E-state index is 5.63. The standard InChI is InChI=1S/C5H9ClO2/c1-4-7-2-5(6)3-8-4/h4-5H,2-3H2,1H3. The lowest BCUT2D eigenvalue weighted by Gasteiger charge is -2.22. The van der Waals surface area contributed by atoms with Gasteiger partial charge in [-0.25, -0.2) is 0 Å². The van der Waals surface area contributed by atoms with E-state index in [1.54, 1.807) is 0 Å². The lowest BCUT2D eigenvalue weighted by atomic mass is 10.4. The minimum atomic E-state index is -0.0648. The second kappa shape index (κ2) is 2.67. The first-order valence-corrected chi connectivity index (χ1v) is 3.10. The molecule has 0 aromatic carbocycles. The van der Waals surface area contributed by atoms with Crippen LogP contribution in [-0.4, -0.2) is 24.9 Å². The Bertz CT molecular complexity index is 58.8. The van der Waals surface area contributed by atoms with Crippen LogP contribution in [0.25, 0.3) is 0 Å². The van der Waals surface area contributed by atoms with Crippen LogP contribution < -0.4 is 0 Å². The average Bonchev–Trinajstić information content (AvgIpc) is 1.77.